The number of nitrogens with one attached hydrogen (secondary N) is 2. The van der Waals surface area contributed by atoms with Gasteiger partial charge in [0.1, 0.15) is 18.2 Å². The lowest BCUT2D eigenvalue weighted by Crippen LogP contribution is -2.52. The minimum Gasteiger partial charge on any atom is -0.494 e. The van der Waals surface area contributed by atoms with Crippen molar-refractivity contribution in [3.05, 3.63) is 95.8 Å². The van der Waals surface area contributed by atoms with Crippen LogP contribution in [0.15, 0.2) is 88.8 Å². The third-order valence-electron chi connectivity index (χ3n) is 6.13. The zero-order valence-electron chi connectivity index (χ0n) is 21.2. The fraction of sp³-hybridized carbons (Fsp3) is 0.286. The highest BCUT2D eigenvalue weighted by molar-refractivity contribution is 7.91. The van der Waals surface area contributed by atoms with E-state index in [1.54, 1.807) is 54.6 Å². The summed E-state index contributed by atoms with van der Waals surface area (Å²) >= 11 is 0. The second-order valence-electron chi connectivity index (χ2n) is 9.01. The number of rotatable bonds is 13. The average molecular weight is 556 g/mol. The van der Waals surface area contributed by atoms with E-state index in [9.17, 15) is 17.6 Å². The van der Waals surface area contributed by atoms with Gasteiger partial charge in [-0.1, -0.05) is 30.3 Å². The van der Waals surface area contributed by atoms with Crippen LogP contribution in [-0.4, -0.2) is 56.4 Å². The first-order valence-electron chi connectivity index (χ1n) is 12.4. The Morgan fingerprint density at radius 3 is 2.56 bits per heavy atom. The number of nitrogens with zero attached hydrogens (tertiary/aromatic N) is 1. The number of halogens is 1. The summed E-state index contributed by atoms with van der Waals surface area (Å²) in [5.41, 5.74) is 5.05. The zero-order chi connectivity index (χ0) is 27.7. The van der Waals surface area contributed by atoms with Crippen molar-refractivity contribution in [3.8, 4) is 5.75 Å². The number of carbonyl (C=O) groups excluding carboxylic acids is 1. The lowest BCUT2D eigenvalue weighted by Gasteiger charge is -2.23. The number of aliphatic hydroxyl groups excluding tert-OH is 1. The van der Waals surface area contributed by atoms with Crippen LogP contribution >= 0.6 is 0 Å². The molecule has 206 valence electrons. The quantitative estimate of drug-likeness (QED) is 0.219. The molecule has 11 heteroatoms. The largest absolute Gasteiger partial charge is 0.494 e. The van der Waals surface area contributed by atoms with Crippen LogP contribution in [0.1, 0.15) is 24.0 Å². The summed E-state index contributed by atoms with van der Waals surface area (Å²) in [4.78, 5) is 18.1. The molecule has 3 aromatic rings. The number of amides is 1. The van der Waals surface area contributed by atoms with Crippen LogP contribution in [0.25, 0.3) is 0 Å². The van der Waals surface area contributed by atoms with E-state index in [1.165, 1.54) is 24.3 Å². The number of aliphatic hydroxyl groups is 1. The molecule has 1 aliphatic heterocycles. The van der Waals surface area contributed by atoms with E-state index < -0.39 is 27.1 Å². The van der Waals surface area contributed by atoms with E-state index in [1.807, 2.05) is 0 Å². The molecular weight excluding hydrogens is 525 g/mol. The number of hydrogen-bond acceptors (Lipinski definition) is 8. The maximum Gasteiger partial charge on any atom is 0.265 e. The van der Waals surface area contributed by atoms with Crippen LogP contribution in [0.4, 0.5) is 4.39 Å². The van der Waals surface area contributed by atoms with Gasteiger partial charge < -0.3 is 14.6 Å². The molecule has 9 nitrogen and oxygen atoms in total. The molecule has 0 aromatic heterocycles. The van der Waals surface area contributed by atoms with Gasteiger partial charge in [0, 0.05) is 25.1 Å². The molecule has 0 aliphatic carbocycles. The number of aliphatic imine (C=N–C) groups is 1. The lowest BCUT2D eigenvalue weighted by molar-refractivity contribution is -0.127. The Bertz CT molecular complexity index is 1400. The van der Waals surface area contributed by atoms with Gasteiger partial charge in [-0.25, -0.2) is 23.2 Å². The second-order valence-corrected chi connectivity index (χ2v) is 11.1. The number of sulfone groups is 1. The Balaban J connectivity index is 1.52. The molecule has 0 spiro atoms. The van der Waals surface area contributed by atoms with Crippen molar-refractivity contribution in [2.75, 3.05) is 25.6 Å². The van der Waals surface area contributed by atoms with E-state index in [4.69, 9.17) is 14.6 Å². The van der Waals surface area contributed by atoms with Gasteiger partial charge in [0.05, 0.1) is 17.3 Å². The molecule has 39 heavy (non-hydrogen) atoms. The average Bonchev–Trinajstić information content (AvgIpc) is 3.39. The van der Waals surface area contributed by atoms with Crippen molar-refractivity contribution in [2.45, 2.75) is 29.8 Å². The molecule has 0 bridgehead atoms. The molecule has 0 saturated carbocycles. The van der Waals surface area contributed by atoms with Crippen molar-refractivity contribution >= 4 is 21.6 Å². The van der Waals surface area contributed by atoms with Crippen molar-refractivity contribution in [1.29, 1.82) is 0 Å². The normalized spacial score (nSPS) is 16.8. The van der Waals surface area contributed by atoms with Crippen LogP contribution in [0.3, 0.4) is 0 Å². The maximum atomic E-state index is 13.5. The minimum atomic E-state index is -3.69. The van der Waals surface area contributed by atoms with Crippen LogP contribution in [0.5, 0.6) is 5.75 Å². The monoisotopic (exact) mass is 555 g/mol. The first-order valence-corrected chi connectivity index (χ1v) is 14.1. The second kappa shape index (κ2) is 12.8. The van der Waals surface area contributed by atoms with Gasteiger partial charge in [-0.2, -0.15) is 0 Å². The Hall–Kier alpha value is -3.80. The molecule has 3 N–H and O–H groups in total. The number of hydrogen-bond donors (Lipinski definition) is 3. The summed E-state index contributed by atoms with van der Waals surface area (Å²) in [5.74, 6) is -0.487. The smallest absolute Gasteiger partial charge is 0.265 e. The molecular formula is C28H30FN3O6S. The molecule has 1 atom stereocenters. The Morgan fingerprint density at radius 1 is 1.08 bits per heavy atom. The van der Waals surface area contributed by atoms with Gasteiger partial charge >= 0.3 is 0 Å². The molecule has 1 heterocycles. The third kappa shape index (κ3) is 7.41. The first kappa shape index (κ1) is 28.2. The number of benzene rings is 3. The summed E-state index contributed by atoms with van der Waals surface area (Å²) < 4.78 is 50.8. The van der Waals surface area contributed by atoms with Gasteiger partial charge in [0.25, 0.3) is 5.91 Å². The number of carbonyl (C=O) groups is 1. The van der Waals surface area contributed by atoms with E-state index in [2.05, 4.69) is 15.8 Å². The Kier molecular flexibility index (Phi) is 9.28. The van der Waals surface area contributed by atoms with Crippen molar-refractivity contribution in [3.63, 3.8) is 0 Å². The van der Waals surface area contributed by atoms with Gasteiger partial charge in [-0.15, -0.1) is 0 Å². The van der Waals surface area contributed by atoms with Crippen LogP contribution < -0.4 is 15.6 Å². The van der Waals surface area contributed by atoms with Gasteiger partial charge in [0.2, 0.25) is 5.90 Å². The Labute approximate surface area is 226 Å². The molecule has 3 aromatic carbocycles. The molecule has 0 unspecified atom stereocenters. The van der Waals surface area contributed by atoms with Crippen molar-refractivity contribution in [2.24, 2.45) is 4.99 Å². The summed E-state index contributed by atoms with van der Waals surface area (Å²) in [6, 6.07) is 20.8. The zero-order valence-corrected chi connectivity index (χ0v) is 22.0. The van der Waals surface area contributed by atoms with Crippen molar-refractivity contribution < 1.29 is 32.2 Å². The number of ether oxygens (including phenoxy) is 2. The van der Waals surface area contributed by atoms with Crippen LogP contribution in [0, 0.1) is 5.82 Å². The fourth-order valence-corrected chi connectivity index (χ4v) is 5.35. The van der Waals surface area contributed by atoms with E-state index >= 15 is 0 Å². The highest BCUT2D eigenvalue weighted by Crippen LogP contribution is 2.28. The van der Waals surface area contributed by atoms with E-state index in [0.29, 0.717) is 29.9 Å². The third-order valence-corrected chi connectivity index (χ3v) is 7.86. The lowest BCUT2D eigenvalue weighted by atomic mass is 9.98. The molecule has 0 saturated heterocycles. The predicted molar refractivity (Wildman–Crippen MR) is 143 cm³/mol. The first-order chi connectivity index (χ1) is 18.8. The number of hydrazine groups is 1. The van der Waals surface area contributed by atoms with Crippen LogP contribution in [0.2, 0.25) is 0 Å². The highest BCUT2D eigenvalue weighted by Gasteiger charge is 2.45. The maximum absolute atomic E-state index is 13.5. The fourth-order valence-electron chi connectivity index (χ4n) is 3.94. The predicted octanol–water partition coefficient (Wildman–Crippen LogP) is 2.79. The molecule has 0 radical (unpaired) electrons. The molecule has 0 fully saturated rings. The van der Waals surface area contributed by atoms with Gasteiger partial charge in [-0.05, 0) is 60.5 Å². The topological polar surface area (TPSA) is 126 Å². The summed E-state index contributed by atoms with van der Waals surface area (Å²) in [6.45, 7) is 0.394. The minimum absolute atomic E-state index is 0.0317. The molecule has 4 rings (SSSR count). The standard InChI is InChI=1S/C28H30FN3O6S/c29-23-7-4-6-21(18-23)19-30-32-27(34)28(14-17-39(35,36)25-8-2-1-3-9-25)20-38-26(31-28)22-10-12-24(13-11-22)37-16-5-15-33/h1-4,6-13,18,30,33H,5,14-17,19-20H2,(H,32,34)/t28-/m0/s1. The van der Waals surface area contributed by atoms with Gasteiger partial charge in [-0.3, -0.25) is 10.2 Å². The van der Waals surface area contributed by atoms with E-state index in [-0.39, 0.29) is 42.7 Å². The van der Waals surface area contributed by atoms with Crippen molar-refractivity contribution in [1.82, 2.24) is 10.9 Å². The summed E-state index contributed by atoms with van der Waals surface area (Å²) in [6.07, 6.45) is 0.387. The highest BCUT2D eigenvalue weighted by atomic mass is 32.2. The summed E-state index contributed by atoms with van der Waals surface area (Å²) in [5, 5.41) is 8.91. The molecule has 1 aliphatic rings. The molecule has 1 amide bonds. The van der Waals surface area contributed by atoms with Gasteiger partial charge in [0.15, 0.2) is 15.4 Å². The van der Waals surface area contributed by atoms with Crippen LogP contribution in [-0.2, 0) is 25.9 Å². The summed E-state index contributed by atoms with van der Waals surface area (Å²) in [7, 11) is -3.69. The SMILES string of the molecule is O=C(NNCc1cccc(F)c1)[C@]1(CCS(=O)(=O)c2ccccc2)COC(c2ccc(OCCCO)cc2)=N1. The Morgan fingerprint density at radius 2 is 1.85 bits per heavy atom. The van der Waals surface area contributed by atoms with E-state index in [0.717, 1.165) is 0 Å².